The number of nitrogens with zero attached hydrogens (tertiary/aromatic N) is 1. The highest BCUT2D eigenvalue weighted by Gasteiger charge is 2.13. The van der Waals surface area contributed by atoms with E-state index in [2.05, 4.69) is 10.3 Å². The average Bonchev–Trinajstić information content (AvgIpc) is 2.29. The number of aromatic nitrogens is 1. The molecule has 94 valence electrons. The van der Waals surface area contributed by atoms with Gasteiger partial charge in [0.2, 0.25) is 5.91 Å². The normalized spacial score (nSPS) is 12.2. The molecule has 17 heavy (non-hydrogen) atoms. The van der Waals surface area contributed by atoms with Crippen LogP contribution in [0.4, 0.5) is 5.69 Å². The minimum absolute atomic E-state index is 0.187. The van der Waals surface area contributed by atoms with E-state index in [9.17, 15) is 4.79 Å². The van der Waals surface area contributed by atoms with Gasteiger partial charge in [0, 0.05) is 19.9 Å². The zero-order valence-corrected chi connectivity index (χ0v) is 10.3. The Bertz CT molecular complexity index is 369. The molecule has 1 unspecified atom stereocenters. The number of rotatable bonds is 6. The van der Waals surface area contributed by atoms with Crippen molar-refractivity contribution in [3.63, 3.8) is 0 Å². The summed E-state index contributed by atoms with van der Waals surface area (Å²) in [7, 11) is 1.63. The number of carbonyl (C=O) groups excluding carboxylic acids is 1. The van der Waals surface area contributed by atoms with Crippen molar-refractivity contribution in [3.05, 3.63) is 24.0 Å². The van der Waals surface area contributed by atoms with Crippen LogP contribution in [-0.4, -0.2) is 30.6 Å². The Morgan fingerprint density at radius 1 is 1.59 bits per heavy atom. The van der Waals surface area contributed by atoms with Gasteiger partial charge >= 0.3 is 0 Å². The summed E-state index contributed by atoms with van der Waals surface area (Å²) in [6.07, 6.45) is 4.72. The number of hydrogen-bond acceptors (Lipinski definition) is 4. The molecule has 5 nitrogen and oxygen atoms in total. The first-order valence-electron chi connectivity index (χ1n) is 5.60. The molecule has 1 aromatic rings. The third kappa shape index (κ3) is 4.93. The largest absolute Gasteiger partial charge is 0.385 e. The van der Waals surface area contributed by atoms with E-state index >= 15 is 0 Å². The topological polar surface area (TPSA) is 77.2 Å². The quantitative estimate of drug-likeness (QED) is 0.726. The van der Waals surface area contributed by atoms with Crippen molar-refractivity contribution < 1.29 is 9.53 Å². The van der Waals surface area contributed by atoms with Gasteiger partial charge in [0.05, 0.1) is 17.9 Å². The zero-order chi connectivity index (χ0) is 12.7. The molecule has 1 atom stereocenters. The van der Waals surface area contributed by atoms with Crippen LogP contribution in [0.15, 0.2) is 18.5 Å². The molecule has 0 aromatic carbocycles. The number of hydrogen-bond donors (Lipinski definition) is 2. The van der Waals surface area contributed by atoms with E-state index in [-0.39, 0.29) is 5.91 Å². The Morgan fingerprint density at radius 2 is 2.35 bits per heavy atom. The number of nitrogens with one attached hydrogen (secondary N) is 1. The van der Waals surface area contributed by atoms with Crippen molar-refractivity contribution in [1.29, 1.82) is 0 Å². The summed E-state index contributed by atoms with van der Waals surface area (Å²) >= 11 is 0. The molecule has 1 aromatic heterocycles. The first-order chi connectivity index (χ1) is 8.13. The molecule has 1 rings (SSSR count). The fourth-order valence-corrected chi connectivity index (χ4v) is 1.44. The van der Waals surface area contributed by atoms with Gasteiger partial charge in [0.15, 0.2) is 0 Å². The van der Waals surface area contributed by atoms with Gasteiger partial charge in [-0.3, -0.25) is 9.78 Å². The molecule has 5 heteroatoms. The van der Waals surface area contributed by atoms with Crippen molar-refractivity contribution in [2.75, 3.05) is 19.0 Å². The van der Waals surface area contributed by atoms with Crippen molar-refractivity contribution in [2.45, 2.75) is 25.8 Å². The lowest BCUT2D eigenvalue weighted by Gasteiger charge is -2.11. The Labute approximate surface area is 101 Å². The minimum atomic E-state index is -0.509. The summed E-state index contributed by atoms with van der Waals surface area (Å²) in [5, 5.41) is 2.74. The first-order valence-corrected chi connectivity index (χ1v) is 5.60. The van der Waals surface area contributed by atoms with Crippen molar-refractivity contribution in [3.8, 4) is 0 Å². The average molecular weight is 237 g/mol. The lowest BCUT2D eigenvalue weighted by atomic mass is 10.1. The number of anilines is 1. The number of ether oxygens (including phenoxy) is 1. The second kappa shape index (κ2) is 6.98. The van der Waals surface area contributed by atoms with E-state index < -0.39 is 6.04 Å². The van der Waals surface area contributed by atoms with Gasteiger partial charge in [-0.25, -0.2) is 0 Å². The third-order valence-electron chi connectivity index (χ3n) is 2.34. The van der Waals surface area contributed by atoms with Crippen LogP contribution < -0.4 is 11.1 Å². The summed E-state index contributed by atoms with van der Waals surface area (Å²) in [6, 6.07) is 1.35. The molecule has 3 N–H and O–H groups in total. The van der Waals surface area contributed by atoms with Gasteiger partial charge in [-0.15, -0.1) is 0 Å². The summed E-state index contributed by atoms with van der Waals surface area (Å²) in [4.78, 5) is 15.7. The van der Waals surface area contributed by atoms with Crippen LogP contribution in [0, 0.1) is 6.92 Å². The first kappa shape index (κ1) is 13.6. The van der Waals surface area contributed by atoms with Gasteiger partial charge in [-0.1, -0.05) is 0 Å². The third-order valence-corrected chi connectivity index (χ3v) is 2.34. The molecule has 0 spiro atoms. The molecule has 0 aliphatic carbocycles. The Kier molecular flexibility index (Phi) is 5.59. The van der Waals surface area contributed by atoms with E-state index in [0.29, 0.717) is 18.7 Å². The van der Waals surface area contributed by atoms with Crippen LogP contribution in [0.2, 0.25) is 0 Å². The number of nitrogens with two attached hydrogens (primary N) is 1. The van der Waals surface area contributed by atoms with Crippen LogP contribution in [0.5, 0.6) is 0 Å². The van der Waals surface area contributed by atoms with Crippen LogP contribution >= 0.6 is 0 Å². The molecular formula is C12H19N3O2. The van der Waals surface area contributed by atoms with E-state index in [1.807, 2.05) is 13.0 Å². The Hall–Kier alpha value is -1.46. The molecule has 1 amide bonds. The monoisotopic (exact) mass is 237 g/mol. The van der Waals surface area contributed by atoms with Gasteiger partial charge in [-0.2, -0.15) is 0 Å². The van der Waals surface area contributed by atoms with Gasteiger partial charge < -0.3 is 15.8 Å². The number of pyridine rings is 1. The predicted octanol–water partition coefficient (Wildman–Crippen LogP) is 1.08. The van der Waals surface area contributed by atoms with Gasteiger partial charge in [0.1, 0.15) is 0 Å². The lowest BCUT2D eigenvalue weighted by Crippen LogP contribution is -2.35. The van der Waals surface area contributed by atoms with Crippen molar-refractivity contribution >= 4 is 11.6 Å². The fraction of sp³-hybridized carbons (Fsp3) is 0.500. The summed E-state index contributed by atoms with van der Waals surface area (Å²) in [5.41, 5.74) is 7.43. The number of aryl methyl sites for hydroxylation is 1. The standard InChI is InChI=1S/C12H19N3O2/c1-9-6-10(8-14-7-9)15-12(16)11(13)4-3-5-17-2/h6-8,11H,3-5,13H2,1-2H3,(H,15,16). The molecule has 0 bridgehead atoms. The molecule has 0 radical (unpaired) electrons. The van der Waals surface area contributed by atoms with Crippen LogP contribution in [0.1, 0.15) is 18.4 Å². The van der Waals surface area contributed by atoms with Crippen LogP contribution in [0.25, 0.3) is 0 Å². The zero-order valence-electron chi connectivity index (χ0n) is 10.3. The summed E-state index contributed by atoms with van der Waals surface area (Å²) in [5.74, 6) is -0.187. The number of carbonyl (C=O) groups is 1. The maximum atomic E-state index is 11.7. The number of methoxy groups -OCH3 is 1. The SMILES string of the molecule is COCCCC(N)C(=O)Nc1cncc(C)c1. The van der Waals surface area contributed by atoms with Gasteiger partial charge in [-0.05, 0) is 31.4 Å². The Balaban J connectivity index is 2.43. The summed E-state index contributed by atoms with van der Waals surface area (Å²) < 4.78 is 4.91. The highest BCUT2D eigenvalue weighted by molar-refractivity contribution is 5.94. The van der Waals surface area contributed by atoms with Gasteiger partial charge in [0.25, 0.3) is 0 Å². The second-order valence-electron chi connectivity index (χ2n) is 3.98. The summed E-state index contributed by atoms with van der Waals surface area (Å²) in [6.45, 7) is 2.54. The van der Waals surface area contributed by atoms with Crippen LogP contribution in [0.3, 0.4) is 0 Å². The molecule has 0 aliphatic rings. The van der Waals surface area contributed by atoms with E-state index in [0.717, 1.165) is 12.0 Å². The molecule has 1 heterocycles. The second-order valence-corrected chi connectivity index (χ2v) is 3.98. The minimum Gasteiger partial charge on any atom is -0.385 e. The fourth-order valence-electron chi connectivity index (χ4n) is 1.44. The van der Waals surface area contributed by atoms with Crippen molar-refractivity contribution in [2.24, 2.45) is 5.73 Å². The predicted molar refractivity (Wildman–Crippen MR) is 66.7 cm³/mol. The van der Waals surface area contributed by atoms with E-state index in [1.165, 1.54) is 0 Å². The smallest absolute Gasteiger partial charge is 0.241 e. The molecule has 0 fully saturated rings. The maximum absolute atomic E-state index is 11.7. The molecular weight excluding hydrogens is 218 g/mol. The van der Waals surface area contributed by atoms with E-state index in [4.69, 9.17) is 10.5 Å². The lowest BCUT2D eigenvalue weighted by molar-refractivity contribution is -0.117. The number of amides is 1. The molecule has 0 aliphatic heterocycles. The molecule has 0 saturated heterocycles. The Morgan fingerprint density at radius 3 is 3.00 bits per heavy atom. The molecule has 0 saturated carbocycles. The van der Waals surface area contributed by atoms with Crippen LogP contribution in [-0.2, 0) is 9.53 Å². The highest BCUT2D eigenvalue weighted by Crippen LogP contribution is 2.08. The van der Waals surface area contributed by atoms with Crippen molar-refractivity contribution in [1.82, 2.24) is 4.98 Å². The van der Waals surface area contributed by atoms with E-state index in [1.54, 1.807) is 19.5 Å². The highest BCUT2D eigenvalue weighted by atomic mass is 16.5. The maximum Gasteiger partial charge on any atom is 0.241 e.